The first-order valence-electron chi connectivity index (χ1n) is 5.66. The van der Waals surface area contributed by atoms with Crippen LogP contribution in [0, 0.1) is 6.92 Å². The molecule has 1 atom stereocenters. The number of aromatic nitrogens is 2. The molecule has 0 fully saturated rings. The fraction of sp³-hybridized carbons (Fsp3) is 0.308. The smallest absolute Gasteiger partial charge is 0.217 e. The summed E-state index contributed by atoms with van der Waals surface area (Å²) in [6.45, 7) is 1.81. The Morgan fingerprint density at radius 2 is 2.05 bits per heavy atom. The number of methoxy groups -OCH3 is 1. The molecule has 0 aliphatic heterocycles. The largest absolute Gasteiger partial charge is 0.481 e. The molecule has 1 N–H and O–H groups in total. The highest BCUT2D eigenvalue weighted by Crippen LogP contribution is 2.36. The number of aliphatic hydroxyl groups excluding tert-OH is 1. The molecule has 1 aromatic carbocycles. The van der Waals surface area contributed by atoms with E-state index in [1.54, 1.807) is 36.9 Å². The lowest BCUT2D eigenvalue weighted by molar-refractivity contribution is 0.213. The van der Waals surface area contributed by atoms with Gasteiger partial charge in [-0.1, -0.05) is 23.2 Å². The van der Waals surface area contributed by atoms with Crippen LogP contribution >= 0.6 is 23.2 Å². The van der Waals surface area contributed by atoms with E-state index in [0.29, 0.717) is 32.7 Å². The van der Waals surface area contributed by atoms with E-state index in [-0.39, 0.29) is 0 Å². The molecule has 1 aromatic heterocycles. The molecule has 0 bridgehead atoms. The van der Waals surface area contributed by atoms with E-state index in [4.69, 9.17) is 27.9 Å². The summed E-state index contributed by atoms with van der Waals surface area (Å²) in [5, 5.41) is 15.7. The molecule has 6 heteroatoms. The zero-order valence-corrected chi connectivity index (χ0v) is 12.3. The van der Waals surface area contributed by atoms with Crippen LogP contribution in [0.5, 0.6) is 5.88 Å². The highest BCUT2D eigenvalue weighted by molar-refractivity contribution is 6.33. The fourth-order valence-corrected chi connectivity index (χ4v) is 2.49. The first-order chi connectivity index (χ1) is 8.95. The summed E-state index contributed by atoms with van der Waals surface area (Å²) in [7, 11) is 3.29. The quantitative estimate of drug-likeness (QED) is 0.947. The second kappa shape index (κ2) is 5.41. The maximum atomic E-state index is 10.5. The first-order valence-corrected chi connectivity index (χ1v) is 6.41. The number of aryl methyl sites for hydroxylation is 2. The number of rotatable bonds is 3. The van der Waals surface area contributed by atoms with Gasteiger partial charge in [0.25, 0.3) is 0 Å². The zero-order valence-electron chi connectivity index (χ0n) is 10.8. The third-order valence-electron chi connectivity index (χ3n) is 2.93. The Morgan fingerprint density at radius 1 is 1.37 bits per heavy atom. The number of hydrogen-bond donors (Lipinski definition) is 1. The Hall–Kier alpha value is -1.23. The summed E-state index contributed by atoms with van der Waals surface area (Å²) in [5.74, 6) is 0.501. The van der Waals surface area contributed by atoms with E-state index in [9.17, 15) is 5.11 Å². The van der Waals surface area contributed by atoms with E-state index in [1.807, 2.05) is 0 Å². The van der Waals surface area contributed by atoms with Gasteiger partial charge in [-0.05, 0) is 25.1 Å². The predicted octanol–water partition coefficient (Wildman–Crippen LogP) is 3.13. The monoisotopic (exact) mass is 300 g/mol. The van der Waals surface area contributed by atoms with E-state index in [1.165, 1.54) is 7.11 Å². The Morgan fingerprint density at radius 3 is 2.68 bits per heavy atom. The molecule has 0 saturated heterocycles. The van der Waals surface area contributed by atoms with Crippen LogP contribution in [0.4, 0.5) is 0 Å². The maximum absolute atomic E-state index is 10.5. The second-order valence-corrected chi connectivity index (χ2v) is 5.04. The van der Waals surface area contributed by atoms with E-state index in [0.717, 1.165) is 0 Å². The average Bonchev–Trinajstić information content (AvgIpc) is 2.65. The lowest BCUT2D eigenvalue weighted by Gasteiger charge is -2.14. The van der Waals surface area contributed by atoms with Gasteiger partial charge < -0.3 is 9.84 Å². The van der Waals surface area contributed by atoms with Crippen molar-refractivity contribution in [1.82, 2.24) is 9.78 Å². The standard InChI is InChI=1S/C13H14Cl2N2O2/c1-7-11(13(19-3)17(2)16-7)12(18)9-6-8(14)4-5-10(9)15/h4-6,12,18H,1-3H3. The van der Waals surface area contributed by atoms with Gasteiger partial charge in [0.1, 0.15) is 6.10 Å². The van der Waals surface area contributed by atoms with E-state index in [2.05, 4.69) is 5.10 Å². The highest BCUT2D eigenvalue weighted by Gasteiger charge is 2.24. The van der Waals surface area contributed by atoms with Gasteiger partial charge in [0, 0.05) is 22.7 Å². The van der Waals surface area contributed by atoms with Crippen molar-refractivity contribution < 1.29 is 9.84 Å². The summed E-state index contributed by atoms with van der Waals surface area (Å²) < 4.78 is 6.85. The van der Waals surface area contributed by atoms with Gasteiger partial charge in [-0.25, -0.2) is 4.68 Å². The van der Waals surface area contributed by atoms with Crippen LogP contribution in [0.3, 0.4) is 0 Å². The summed E-state index contributed by atoms with van der Waals surface area (Å²) in [6.07, 6.45) is -0.935. The maximum Gasteiger partial charge on any atom is 0.217 e. The Bertz CT molecular complexity index is 611. The summed E-state index contributed by atoms with van der Waals surface area (Å²) in [5.41, 5.74) is 1.81. The average molecular weight is 301 g/mol. The molecular formula is C13H14Cl2N2O2. The molecule has 1 unspecified atom stereocenters. The lowest BCUT2D eigenvalue weighted by Crippen LogP contribution is -2.04. The predicted molar refractivity (Wildman–Crippen MR) is 75.0 cm³/mol. The molecular weight excluding hydrogens is 287 g/mol. The third-order valence-corrected chi connectivity index (χ3v) is 3.51. The van der Waals surface area contributed by atoms with Gasteiger partial charge in [-0.15, -0.1) is 0 Å². The van der Waals surface area contributed by atoms with Gasteiger partial charge in [0.2, 0.25) is 5.88 Å². The van der Waals surface area contributed by atoms with Crippen molar-refractivity contribution >= 4 is 23.2 Å². The van der Waals surface area contributed by atoms with Gasteiger partial charge in [-0.3, -0.25) is 0 Å². The lowest BCUT2D eigenvalue weighted by atomic mass is 10.0. The Kier molecular flexibility index (Phi) is 4.04. The third kappa shape index (κ3) is 2.56. The van der Waals surface area contributed by atoms with Crippen molar-refractivity contribution in [2.75, 3.05) is 7.11 Å². The summed E-state index contributed by atoms with van der Waals surface area (Å²) >= 11 is 12.1. The number of benzene rings is 1. The molecule has 0 aliphatic carbocycles. The number of hydrogen-bond acceptors (Lipinski definition) is 3. The molecule has 0 amide bonds. The summed E-state index contributed by atoms with van der Waals surface area (Å²) in [6, 6.07) is 4.97. The van der Waals surface area contributed by atoms with Crippen molar-refractivity contribution in [1.29, 1.82) is 0 Å². The van der Waals surface area contributed by atoms with Crippen molar-refractivity contribution in [3.05, 3.63) is 45.1 Å². The molecule has 2 rings (SSSR count). The molecule has 0 saturated carbocycles. The second-order valence-electron chi connectivity index (χ2n) is 4.20. The molecule has 1 heterocycles. The highest BCUT2D eigenvalue weighted by atomic mass is 35.5. The molecule has 19 heavy (non-hydrogen) atoms. The van der Waals surface area contributed by atoms with E-state index < -0.39 is 6.10 Å². The van der Waals surface area contributed by atoms with Crippen LogP contribution in [0.1, 0.15) is 22.9 Å². The molecule has 0 radical (unpaired) electrons. The molecule has 102 valence electrons. The topological polar surface area (TPSA) is 47.3 Å². The number of nitrogens with zero attached hydrogens (tertiary/aromatic N) is 2. The van der Waals surface area contributed by atoms with Gasteiger partial charge in [0.15, 0.2) is 0 Å². The van der Waals surface area contributed by atoms with Gasteiger partial charge in [-0.2, -0.15) is 5.10 Å². The fourth-order valence-electron chi connectivity index (χ4n) is 2.09. The van der Waals surface area contributed by atoms with Crippen molar-refractivity contribution in [3.63, 3.8) is 0 Å². The normalized spacial score (nSPS) is 12.5. The molecule has 2 aromatic rings. The van der Waals surface area contributed by atoms with Crippen LogP contribution in [0.25, 0.3) is 0 Å². The number of halogens is 2. The SMILES string of the molecule is COc1c(C(O)c2cc(Cl)ccc2Cl)c(C)nn1C. The molecule has 4 nitrogen and oxygen atoms in total. The first kappa shape index (κ1) is 14.2. The van der Waals surface area contributed by atoms with Crippen LogP contribution in [-0.4, -0.2) is 22.0 Å². The molecule has 0 spiro atoms. The summed E-state index contributed by atoms with van der Waals surface area (Å²) in [4.78, 5) is 0. The van der Waals surface area contributed by atoms with Crippen LogP contribution < -0.4 is 4.74 Å². The number of ether oxygens (including phenoxy) is 1. The van der Waals surface area contributed by atoms with Crippen molar-refractivity contribution in [2.24, 2.45) is 7.05 Å². The van der Waals surface area contributed by atoms with Gasteiger partial charge >= 0.3 is 0 Å². The zero-order chi connectivity index (χ0) is 14.2. The Labute approximate surface area is 121 Å². The van der Waals surface area contributed by atoms with Crippen LogP contribution in [0.15, 0.2) is 18.2 Å². The minimum absolute atomic E-state index is 0.446. The minimum Gasteiger partial charge on any atom is -0.481 e. The molecule has 0 aliphatic rings. The van der Waals surface area contributed by atoms with Crippen LogP contribution in [0.2, 0.25) is 10.0 Å². The van der Waals surface area contributed by atoms with Crippen LogP contribution in [-0.2, 0) is 7.05 Å². The number of aliphatic hydroxyl groups is 1. The van der Waals surface area contributed by atoms with Gasteiger partial charge in [0.05, 0.1) is 18.4 Å². The van der Waals surface area contributed by atoms with Crippen molar-refractivity contribution in [2.45, 2.75) is 13.0 Å². The Balaban J connectivity index is 2.55. The van der Waals surface area contributed by atoms with Crippen molar-refractivity contribution in [3.8, 4) is 5.88 Å². The van der Waals surface area contributed by atoms with E-state index >= 15 is 0 Å². The minimum atomic E-state index is -0.935.